The Balaban J connectivity index is 2.09. The molecule has 1 N–H and O–H groups in total. The normalized spacial score (nSPS) is 10.9. The molecule has 0 spiro atoms. The van der Waals surface area contributed by atoms with Crippen molar-refractivity contribution in [3.63, 3.8) is 0 Å². The van der Waals surface area contributed by atoms with E-state index in [1.807, 2.05) is 6.92 Å². The molecular formula is C17H24N2OS. The molecule has 2 aromatic rings. The van der Waals surface area contributed by atoms with Gasteiger partial charge in [0.1, 0.15) is 17.4 Å². The second-order valence-electron chi connectivity index (χ2n) is 5.38. The minimum absolute atomic E-state index is 0.549. The van der Waals surface area contributed by atoms with Gasteiger partial charge in [0.15, 0.2) is 0 Å². The quantitative estimate of drug-likeness (QED) is 0.873. The first-order valence-corrected chi connectivity index (χ1v) is 8.19. The maximum absolute atomic E-state index is 6.01. The molecule has 0 unspecified atom stereocenters. The van der Waals surface area contributed by atoms with Crippen molar-refractivity contribution < 1.29 is 4.74 Å². The van der Waals surface area contributed by atoms with Crippen molar-refractivity contribution >= 4 is 11.3 Å². The molecule has 4 heteroatoms. The van der Waals surface area contributed by atoms with E-state index < -0.39 is 0 Å². The number of aromatic nitrogens is 1. The molecule has 0 aliphatic heterocycles. The summed E-state index contributed by atoms with van der Waals surface area (Å²) in [6.07, 6.45) is 0. The summed E-state index contributed by atoms with van der Waals surface area (Å²) in [4.78, 5) is 5.79. The molecule has 1 aromatic carbocycles. The molecule has 1 heterocycles. The second-order valence-corrected chi connectivity index (χ2v) is 6.66. The van der Waals surface area contributed by atoms with E-state index in [0.717, 1.165) is 29.5 Å². The fourth-order valence-electron chi connectivity index (χ4n) is 2.37. The van der Waals surface area contributed by atoms with Crippen LogP contribution in [0.25, 0.3) is 0 Å². The van der Waals surface area contributed by atoms with Gasteiger partial charge in [0, 0.05) is 11.4 Å². The van der Waals surface area contributed by atoms with Crippen LogP contribution < -0.4 is 10.1 Å². The number of aryl methyl sites for hydroxylation is 4. The lowest BCUT2D eigenvalue weighted by Gasteiger charge is -2.13. The number of nitrogens with one attached hydrogen (secondary N) is 1. The van der Waals surface area contributed by atoms with Crippen LogP contribution in [0.2, 0.25) is 0 Å². The fraction of sp³-hybridized carbons (Fsp3) is 0.471. The van der Waals surface area contributed by atoms with E-state index in [-0.39, 0.29) is 0 Å². The summed E-state index contributed by atoms with van der Waals surface area (Å²) in [6, 6.07) is 4.40. The summed E-state index contributed by atoms with van der Waals surface area (Å²) >= 11 is 1.71. The number of ether oxygens (including phenoxy) is 1. The Kier molecular flexibility index (Phi) is 5.37. The van der Waals surface area contributed by atoms with Gasteiger partial charge in [0.25, 0.3) is 0 Å². The van der Waals surface area contributed by atoms with Crippen molar-refractivity contribution in [2.75, 3.05) is 6.54 Å². The Bertz CT molecular complexity index is 577. The predicted octanol–water partition coefficient (Wildman–Crippen LogP) is 4.07. The summed E-state index contributed by atoms with van der Waals surface area (Å²) in [5.74, 6) is 0.987. The lowest BCUT2D eigenvalue weighted by Crippen LogP contribution is -2.12. The topological polar surface area (TPSA) is 34.1 Å². The van der Waals surface area contributed by atoms with E-state index >= 15 is 0 Å². The summed E-state index contributed by atoms with van der Waals surface area (Å²) in [5, 5.41) is 4.40. The number of hydrogen-bond acceptors (Lipinski definition) is 4. The van der Waals surface area contributed by atoms with Gasteiger partial charge in [0.2, 0.25) is 0 Å². The molecule has 0 radical (unpaired) electrons. The monoisotopic (exact) mass is 304 g/mol. The van der Waals surface area contributed by atoms with Crippen molar-refractivity contribution in [1.82, 2.24) is 10.3 Å². The fourth-order valence-corrected chi connectivity index (χ4v) is 3.22. The van der Waals surface area contributed by atoms with Crippen molar-refractivity contribution in [1.29, 1.82) is 0 Å². The zero-order valence-electron chi connectivity index (χ0n) is 13.5. The first kappa shape index (κ1) is 16.0. The Morgan fingerprint density at radius 1 is 1.14 bits per heavy atom. The van der Waals surface area contributed by atoms with Crippen LogP contribution in [0.5, 0.6) is 5.75 Å². The molecule has 0 atom stereocenters. The molecule has 1 aromatic heterocycles. The largest absolute Gasteiger partial charge is 0.486 e. The minimum Gasteiger partial charge on any atom is -0.486 e. The average molecular weight is 304 g/mol. The highest BCUT2D eigenvalue weighted by molar-refractivity contribution is 7.11. The number of benzene rings is 1. The lowest BCUT2D eigenvalue weighted by molar-refractivity contribution is 0.301. The van der Waals surface area contributed by atoms with Crippen LogP contribution in [-0.2, 0) is 13.2 Å². The van der Waals surface area contributed by atoms with Crippen LogP contribution in [-0.4, -0.2) is 11.5 Å². The van der Waals surface area contributed by atoms with E-state index in [0.29, 0.717) is 6.61 Å². The maximum Gasteiger partial charge on any atom is 0.140 e. The van der Waals surface area contributed by atoms with Crippen LogP contribution in [0.1, 0.15) is 39.2 Å². The van der Waals surface area contributed by atoms with E-state index in [4.69, 9.17) is 4.74 Å². The van der Waals surface area contributed by atoms with Crippen LogP contribution in [0.3, 0.4) is 0 Å². The standard InChI is InChI=1S/C17H24N2OS/c1-6-18-9-15-7-11(2)17(12(3)8-15)20-10-16-19-13(4)14(5)21-16/h7-8,18H,6,9-10H2,1-5H3. The molecule has 0 aliphatic rings. The van der Waals surface area contributed by atoms with Gasteiger partial charge in [0.05, 0.1) is 5.69 Å². The maximum atomic E-state index is 6.01. The van der Waals surface area contributed by atoms with E-state index in [9.17, 15) is 0 Å². The molecular weight excluding hydrogens is 280 g/mol. The van der Waals surface area contributed by atoms with Crippen molar-refractivity contribution in [3.8, 4) is 5.75 Å². The third kappa shape index (κ3) is 4.05. The van der Waals surface area contributed by atoms with E-state index in [2.05, 4.69) is 50.1 Å². The SMILES string of the molecule is CCNCc1cc(C)c(OCc2nc(C)c(C)s2)c(C)c1. The zero-order valence-corrected chi connectivity index (χ0v) is 14.4. The van der Waals surface area contributed by atoms with E-state index in [1.54, 1.807) is 11.3 Å². The highest BCUT2D eigenvalue weighted by Gasteiger charge is 2.09. The van der Waals surface area contributed by atoms with Crippen molar-refractivity contribution in [2.24, 2.45) is 0 Å². The molecule has 0 bridgehead atoms. The molecule has 0 saturated heterocycles. The molecule has 21 heavy (non-hydrogen) atoms. The van der Waals surface area contributed by atoms with Gasteiger partial charge in [-0.15, -0.1) is 11.3 Å². The Morgan fingerprint density at radius 3 is 2.33 bits per heavy atom. The Morgan fingerprint density at radius 2 is 1.81 bits per heavy atom. The molecule has 2 rings (SSSR count). The van der Waals surface area contributed by atoms with Crippen LogP contribution in [0.4, 0.5) is 0 Å². The number of rotatable bonds is 6. The summed E-state index contributed by atoms with van der Waals surface area (Å²) in [6.45, 7) is 12.9. The minimum atomic E-state index is 0.549. The van der Waals surface area contributed by atoms with Gasteiger partial charge in [-0.25, -0.2) is 4.98 Å². The number of nitrogens with zero attached hydrogens (tertiary/aromatic N) is 1. The van der Waals surface area contributed by atoms with Crippen LogP contribution >= 0.6 is 11.3 Å². The van der Waals surface area contributed by atoms with E-state index in [1.165, 1.54) is 21.6 Å². The molecule has 0 aliphatic carbocycles. The summed E-state index contributed by atoms with van der Waals surface area (Å²) in [5.41, 5.74) is 4.79. The van der Waals surface area contributed by atoms with Crippen LogP contribution in [0.15, 0.2) is 12.1 Å². The summed E-state index contributed by atoms with van der Waals surface area (Å²) < 4.78 is 6.01. The van der Waals surface area contributed by atoms with Gasteiger partial charge >= 0.3 is 0 Å². The second kappa shape index (κ2) is 7.05. The first-order valence-electron chi connectivity index (χ1n) is 7.37. The highest BCUT2D eigenvalue weighted by atomic mass is 32.1. The number of hydrogen-bond donors (Lipinski definition) is 1. The van der Waals surface area contributed by atoms with Gasteiger partial charge in [-0.3, -0.25) is 0 Å². The molecule has 0 saturated carbocycles. The molecule has 0 fully saturated rings. The highest BCUT2D eigenvalue weighted by Crippen LogP contribution is 2.27. The van der Waals surface area contributed by atoms with Gasteiger partial charge in [-0.1, -0.05) is 19.1 Å². The average Bonchev–Trinajstić information content (AvgIpc) is 2.74. The molecule has 3 nitrogen and oxygen atoms in total. The summed E-state index contributed by atoms with van der Waals surface area (Å²) in [7, 11) is 0. The van der Waals surface area contributed by atoms with Crippen LogP contribution in [0, 0.1) is 27.7 Å². The lowest BCUT2D eigenvalue weighted by atomic mass is 10.1. The Labute approximate surface area is 131 Å². The van der Waals surface area contributed by atoms with Gasteiger partial charge in [-0.05, 0) is 50.9 Å². The third-order valence-corrected chi connectivity index (χ3v) is 4.56. The first-order chi connectivity index (χ1) is 10.0. The zero-order chi connectivity index (χ0) is 15.4. The molecule has 114 valence electrons. The van der Waals surface area contributed by atoms with Crippen molar-refractivity contribution in [3.05, 3.63) is 44.4 Å². The third-order valence-electron chi connectivity index (χ3n) is 3.51. The number of thiazole rings is 1. The molecule has 0 amide bonds. The van der Waals surface area contributed by atoms with Crippen molar-refractivity contribution in [2.45, 2.75) is 47.8 Å². The van der Waals surface area contributed by atoms with Gasteiger partial charge in [-0.2, -0.15) is 0 Å². The van der Waals surface area contributed by atoms with Gasteiger partial charge < -0.3 is 10.1 Å². The Hall–Kier alpha value is -1.39. The smallest absolute Gasteiger partial charge is 0.140 e. The predicted molar refractivity (Wildman–Crippen MR) is 89.2 cm³/mol.